The summed E-state index contributed by atoms with van der Waals surface area (Å²) in [5, 5.41) is 0.487. The number of benzene rings is 2. The summed E-state index contributed by atoms with van der Waals surface area (Å²) >= 11 is 1.33. The van der Waals surface area contributed by atoms with Gasteiger partial charge in [0.2, 0.25) is 0 Å². The van der Waals surface area contributed by atoms with Crippen LogP contribution in [0.3, 0.4) is 0 Å². The van der Waals surface area contributed by atoms with Crippen molar-refractivity contribution in [3.05, 3.63) is 89.1 Å². The largest absolute Gasteiger partial charge is 0.489 e. The van der Waals surface area contributed by atoms with Crippen molar-refractivity contribution in [3.63, 3.8) is 0 Å². The van der Waals surface area contributed by atoms with Crippen LogP contribution >= 0.6 is 11.8 Å². The Labute approximate surface area is 218 Å². The van der Waals surface area contributed by atoms with Crippen molar-refractivity contribution in [1.29, 1.82) is 0 Å². The summed E-state index contributed by atoms with van der Waals surface area (Å²) in [4.78, 5) is 30.0. The van der Waals surface area contributed by atoms with Crippen LogP contribution in [0.15, 0.2) is 71.9 Å². The molecule has 0 amide bonds. The minimum absolute atomic E-state index is 0.0725. The van der Waals surface area contributed by atoms with E-state index >= 15 is 0 Å². The zero-order chi connectivity index (χ0) is 26.4. The molecular formula is C29H28F3NO3S. The Balaban J connectivity index is 1.33. The number of hydrogen-bond acceptors (Lipinski definition) is 5. The van der Waals surface area contributed by atoms with Crippen LogP contribution in [0.1, 0.15) is 54.4 Å². The van der Waals surface area contributed by atoms with Crippen molar-refractivity contribution in [1.82, 2.24) is 4.98 Å². The summed E-state index contributed by atoms with van der Waals surface area (Å²) in [5.74, 6) is 0.294. The van der Waals surface area contributed by atoms with Gasteiger partial charge in [-0.05, 0) is 65.5 Å². The molecule has 0 aliphatic heterocycles. The lowest BCUT2D eigenvalue weighted by atomic mass is 9.74. The number of ether oxygens (including phenoxy) is 1. The molecule has 8 heteroatoms. The monoisotopic (exact) mass is 527 g/mol. The fourth-order valence-electron chi connectivity index (χ4n) is 4.57. The smallest absolute Gasteiger partial charge is 0.417 e. The van der Waals surface area contributed by atoms with Crippen LogP contribution in [0.4, 0.5) is 13.2 Å². The molecule has 3 aromatic rings. The predicted molar refractivity (Wildman–Crippen MR) is 137 cm³/mol. The molecule has 0 spiro atoms. The number of aryl methyl sites for hydroxylation is 1. The Morgan fingerprint density at radius 3 is 2.35 bits per heavy atom. The highest BCUT2D eigenvalue weighted by molar-refractivity contribution is 7.99. The van der Waals surface area contributed by atoms with E-state index < -0.39 is 17.7 Å². The molecule has 37 heavy (non-hydrogen) atoms. The van der Waals surface area contributed by atoms with Gasteiger partial charge in [0.15, 0.2) is 0 Å². The molecule has 1 aliphatic carbocycles. The number of carbonyl (C=O) groups excluding carboxylic acids is 2. The van der Waals surface area contributed by atoms with Crippen LogP contribution in [-0.2, 0) is 28.8 Å². The van der Waals surface area contributed by atoms with Gasteiger partial charge in [-0.2, -0.15) is 13.2 Å². The van der Waals surface area contributed by atoms with Crippen LogP contribution in [0.2, 0.25) is 0 Å². The average Bonchev–Trinajstić information content (AvgIpc) is 2.88. The highest BCUT2D eigenvalue weighted by Gasteiger charge is 2.37. The highest BCUT2D eigenvalue weighted by Crippen LogP contribution is 2.36. The molecule has 1 aliphatic rings. The number of aromatic nitrogens is 1. The lowest BCUT2D eigenvalue weighted by Gasteiger charge is -2.28. The number of hydrogen-bond donors (Lipinski definition) is 0. The number of nitrogens with zero attached hydrogens (tertiary/aromatic N) is 1. The third-order valence-corrected chi connectivity index (χ3v) is 7.50. The maximum Gasteiger partial charge on any atom is 0.417 e. The number of halogens is 3. The Hall–Kier alpha value is -3.13. The molecule has 1 heterocycles. The number of alkyl halides is 3. The Morgan fingerprint density at radius 2 is 1.73 bits per heavy atom. The van der Waals surface area contributed by atoms with Gasteiger partial charge in [0.25, 0.3) is 0 Å². The molecule has 0 saturated heterocycles. The van der Waals surface area contributed by atoms with Gasteiger partial charge in [0.05, 0.1) is 10.6 Å². The van der Waals surface area contributed by atoms with Gasteiger partial charge in [0, 0.05) is 19.0 Å². The molecule has 2 aromatic carbocycles. The Kier molecular flexibility index (Phi) is 8.69. The molecule has 1 saturated carbocycles. The first kappa shape index (κ1) is 26.9. The maximum atomic E-state index is 13.1. The van der Waals surface area contributed by atoms with Crippen molar-refractivity contribution < 1.29 is 27.5 Å². The summed E-state index contributed by atoms with van der Waals surface area (Å²) in [6, 6.07) is 17.8. The SMILES string of the molecule is CCc1cc(OCc2ccccc2)ccc1C1C(=O)CC(CCSc2ccc(C(F)(F)F)cn2)CC1=O. The average molecular weight is 528 g/mol. The number of pyridine rings is 1. The summed E-state index contributed by atoms with van der Waals surface area (Å²) < 4.78 is 44.0. The van der Waals surface area contributed by atoms with Crippen molar-refractivity contribution in [2.75, 3.05) is 5.75 Å². The van der Waals surface area contributed by atoms with E-state index in [4.69, 9.17) is 4.74 Å². The normalized spacial score (nSPS) is 18.2. The number of thioether (sulfide) groups is 1. The quantitative estimate of drug-likeness (QED) is 0.220. The first-order valence-electron chi connectivity index (χ1n) is 12.3. The molecule has 0 radical (unpaired) electrons. The third-order valence-electron chi connectivity index (χ3n) is 6.52. The minimum atomic E-state index is -4.41. The molecule has 1 fully saturated rings. The number of carbonyl (C=O) groups is 2. The molecule has 4 nitrogen and oxygen atoms in total. The van der Waals surface area contributed by atoms with E-state index in [9.17, 15) is 22.8 Å². The molecule has 0 unspecified atom stereocenters. The van der Waals surface area contributed by atoms with Crippen molar-refractivity contribution in [2.24, 2.45) is 5.92 Å². The fourth-order valence-corrected chi connectivity index (χ4v) is 5.52. The second-order valence-corrected chi connectivity index (χ2v) is 10.3. The maximum absolute atomic E-state index is 13.1. The lowest BCUT2D eigenvalue weighted by Crippen LogP contribution is -2.32. The number of ketones is 2. The standard InChI is InChI=1S/C29H28F3NO3S/c1-2-21-16-23(36-18-19-6-4-3-5-7-19)9-10-24(21)28-25(34)14-20(15-26(28)35)12-13-37-27-11-8-22(17-33-27)29(30,31)32/h3-11,16-17,20,28H,2,12-15,18H2,1H3. The predicted octanol–water partition coefficient (Wildman–Crippen LogP) is 7.06. The number of rotatable bonds is 9. The van der Waals surface area contributed by atoms with Gasteiger partial charge in [-0.25, -0.2) is 4.98 Å². The first-order valence-corrected chi connectivity index (χ1v) is 13.2. The van der Waals surface area contributed by atoms with E-state index in [1.54, 1.807) is 0 Å². The summed E-state index contributed by atoms with van der Waals surface area (Å²) in [6.07, 6.45) is -1.67. The fraction of sp³-hybridized carbons (Fsp3) is 0.345. The highest BCUT2D eigenvalue weighted by atomic mass is 32.2. The van der Waals surface area contributed by atoms with E-state index in [0.29, 0.717) is 48.8 Å². The topological polar surface area (TPSA) is 56.3 Å². The summed E-state index contributed by atoms with van der Waals surface area (Å²) in [5.41, 5.74) is 1.96. The van der Waals surface area contributed by atoms with Crippen LogP contribution < -0.4 is 4.74 Å². The Bertz CT molecular complexity index is 1210. The van der Waals surface area contributed by atoms with E-state index in [1.165, 1.54) is 17.8 Å². The second-order valence-electron chi connectivity index (χ2n) is 9.15. The molecule has 194 valence electrons. The van der Waals surface area contributed by atoms with Crippen molar-refractivity contribution in [2.45, 2.75) is 56.3 Å². The van der Waals surface area contributed by atoms with Crippen LogP contribution in [0, 0.1) is 5.92 Å². The molecule has 0 bridgehead atoms. The second kappa shape index (κ2) is 11.9. The van der Waals surface area contributed by atoms with Gasteiger partial charge in [-0.1, -0.05) is 43.3 Å². The van der Waals surface area contributed by atoms with Gasteiger partial charge >= 0.3 is 6.18 Å². The minimum Gasteiger partial charge on any atom is -0.489 e. The zero-order valence-corrected chi connectivity index (χ0v) is 21.3. The van der Waals surface area contributed by atoms with Crippen molar-refractivity contribution >= 4 is 23.3 Å². The molecule has 0 atom stereocenters. The van der Waals surface area contributed by atoms with Crippen LogP contribution in [-0.4, -0.2) is 22.3 Å². The molecular weight excluding hydrogens is 499 g/mol. The first-order chi connectivity index (χ1) is 17.7. The van der Waals surface area contributed by atoms with Crippen LogP contribution in [0.5, 0.6) is 5.75 Å². The molecule has 0 N–H and O–H groups in total. The Morgan fingerprint density at radius 1 is 1.00 bits per heavy atom. The lowest BCUT2D eigenvalue weighted by molar-refractivity contribution is -0.138. The van der Waals surface area contributed by atoms with Crippen LogP contribution in [0.25, 0.3) is 0 Å². The van der Waals surface area contributed by atoms with Gasteiger partial charge in [0.1, 0.15) is 29.8 Å². The summed E-state index contributed by atoms with van der Waals surface area (Å²) in [7, 11) is 0. The van der Waals surface area contributed by atoms with Crippen molar-refractivity contribution in [3.8, 4) is 5.75 Å². The van der Waals surface area contributed by atoms with Gasteiger partial charge < -0.3 is 4.74 Å². The zero-order valence-electron chi connectivity index (χ0n) is 20.5. The third kappa shape index (κ3) is 7.01. The van der Waals surface area contributed by atoms with E-state index in [0.717, 1.165) is 29.0 Å². The van der Waals surface area contributed by atoms with Gasteiger partial charge in [-0.15, -0.1) is 11.8 Å². The molecule has 4 rings (SSSR count). The summed E-state index contributed by atoms with van der Waals surface area (Å²) in [6.45, 7) is 2.43. The van der Waals surface area contributed by atoms with E-state index in [1.807, 2.05) is 55.5 Å². The number of Topliss-reactive ketones (excluding diaryl/α,β-unsaturated/α-hetero) is 2. The van der Waals surface area contributed by atoms with Gasteiger partial charge in [-0.3, -0.25) is 9.59 Å². The van der Waals surface area contributed by atoms with E-state index in [2.05, 4.69) is 4.98 Å². The molecule has 1 aromatic heterocycles. The van der Waals surface area contributed by atoms with E-state index in [-0.39, 0.29) is 17.5 Å².